The maximum absolute atomic E-state index is 14.4. The Balaban J connectivity index is 1.72. The normalized spacial score (nSPS) is 20.5. The van der Waals surface area contributed by atoms with Gasteiger partial charge in [0.2, 0.25) is 0 Å². The molecule has 7 nitrogen and oxygen atoms in total. The zero-order chi connectivity index (χ0) is 17.1. The number of rotatable bonds is 4. The fourth-order valence-corrected chi connectivity index (χ4v) is 2.73. The minimum absolute atomic E-state index is 0.0547. The van der Waals surface area contributed by atoms with Crippen LogP contribution in [0.2, 0.25) is 0 Å². The Bertz CT molecular complexity index is 639. The second kappa shape index (κ2) is 7.00. The zero-order valence-electron chi connectivity index (χ0n) is 12.8. The molecule has 1 atom stereocenters. The summed E-state index contributed by atoms with van der Waals surface area (Å²) in [5.74, 6) is -1.33. The number of nitrogens with zero attached hydrogens (tertiary/aromatic N) is 2. The Morgan fingerprint density at radius 3 is 2.62 bits per heavy atom. The molecule has 2 aliphatic heterocycles. The Morgan fingerprint density at radius 1 is 1.33 bits per heavy atom. The van der Waals surface area contributed by atoms with Crippen LogP contribution in [0.1, 0.15) is 12.0 Å². The van der Waals surface area contributed by atoms with Crippen molar-refractivity contribution in [1.82, 2.24) is 5.32 Å². The van der Waals surface area contributed by atoms with Gasteiger partial charge in [-0.2, -0.15) is 0 Å². The Kier molecular flexibility index (Phi) is 4.79. The van der Waals surface area contributed by atoms with Crippen LogP contribution in [-0.2, 0) is 9.57 Å². The van der Waals surface area contributed by atoms with Crippen LogP contribution in [0.3, 0.4) is 0 Å². The van der Waals surface area contributed by atoms with Gasteiger partial charge < -0.3 is 24.9 Å². The molecule has 0 saturated carbocycles. The lowest BCUT2D eigenvalue weighted by molar-refractivity contribution is 0.0841. The second-order valence-electron chi connectivity index (χ2n) is 5.54. The Hall–Kier alpha value is -2.42. The predicted molar refractivity (Wildman–Crippen MR) is 81.4 cm³/mol. The van der Waals surface area contributed by atoms with Crippen molar-refractivity contribution < 1.29 is 28.3 Å². The molecule has 0 aromatic heterocycles. The first-order valence-corrected chi connectivity index (χ1v) is 7.56. The molecule has 24 heavy (non-hydrogen) atoms. The number of ether oxygens (including phenoxy) is 1. The number of nitrogens with one attached hydrogen (secondary N) is 1. The highest BCUT2D eigenvalue weighted by atomic mass is 19.1. The topological polar surface area (TPSA) is 83.4 Å². The van der Waals surface area contributed by atoms with Crippen molar-refractivity contribution in [3.63, 3.8) is 0 Å². The molecule has 0 unspecified atom stereocenters. The number of anilines is 1. The number of carboxylic acid groups (broad SMARTS) is 1. The molecule has 2 heterocycles. The summed E-state index contributed by atoms with van der Waals surface area (Å²) in [5, 5.41) is 14.6. The van der Waals surface area contributed by atoms with Gasteiger partial charge in [0.15, 0.2) is 6.10 Å². The van der Waals surface area contributed by atoms with Crippen LogP contribution in [-0.4, -0.2) is 55.9 Å². The largest absolute Gasteiger partial charge is 0.465 e. The van der Waals surface area contributed by atoms with Crippen LogP contribution in [0.4, 0.5) is 19.3 Å². The molecule has 2 N–H and O–H groups in total. The van der Waals surface area contributed by atoms with E-state index in [9.17, 15) is 13.6 Å². The van der Waals surface area contributed by atoms with Gasteiger partial charge in [-0.1, -0.05) is 5.16 Å². The highest BCUT2D eigenvalue weighted by Gasteiger charge is 2.26. The molecule has 0 bridgehead atoms. The van der Waals surface area contributed by atoms with Gasteiger partial charge in [-0.15, -0.1) is 0 Å². The van der Waals surface area contributed by atoms with Crippen molar-refractivity contribution in [3.05, 3.63) is 29.3 Å². The molecule has 1 aromatic rings. The van der Waals surface area contributed by atoms with Gasteiger partial charge in [0.25, 0.3) is 0 Å². The fraction of sp³-hybridized carbons (Fsp3) is 0.467. The van der Waals surface area contributed by atoms with Crippen molar-refractivity contribution >= 4 is 17.5 Å². The quantitative estimate of drug-likeness (QED) is 0.868. The van der Waals surface area contributed by atoms with Crippen molar-refractivity contribution in [1.29, 1.82) is 0 Å². The van der Waals surface area contributed by atoms with E-state index >= 15 is 0 Å². The molecular weight excluding hydrogens is 324 g/mol. The molecule has 1 saturated heterocycles. The molecule has 3 rings (SSSR count). The second-order valence-corrected chi connectivity index (χ2v) is 5.54. The van der Waals surface area contributed by atoms with Gasteiger partial charge in [0.1, 0.15) is 17.3 Å². The first kappa shape index (κ1) is 16.4. The summed E-state index contributed by atoms with van der Waals surface area (Å²) in [7, 11) is 0. The summed E-state index contributed by atoms with van der Waals surface area (Å²) in [6, 6.07) is 2.45. The molecule has 0 radical (unpaired) electrons. The lowest BCUT2D eigenvalue weighted by Gasteiger charge is -2.29. The number of oxime groups is 1. The molecule has 1 fully saturated rings. The van der Waals surface area contributed by atoms with Gasteiger partial charge in [-0.05, 0) is 12.1 Å². The number of carbonyl (C=O) groups is 1. The van der Waals surface area contributed by atoms with Crippen molar-refractivity contribution in [3.8, 4) is 0 Å². The van der Waals surface area contributed by atoms with Crippen molar-refractivity contribution in [2.75, 3.05) is 37.7 Å². The van der Waals surface area contributed by atoms with E-state index in [2.05, 4.69) is 10.5 Å². The number of amides is 1. The molecular formula is C15H17F2N3O4. The lowest BCUT2D eigenvalue weighted by Crippen LogP contribution is -2.37. The third kappa shape index (κ3) is 3.56. The van der Waals surface area contributed by atoms with Gasteiger partial charge in [0, 0.05) is 25.1 Å². The van der Waals surface area contributed by atoms with Crippen LogP contribution in [0, 0.1) is 11.6 Å². The third-order valence-electron chi connectivity index (χ3n) is 3.89. The highest BCUT2D eigenvalue weighted by Crippen LogP contribution is 2.27. The van der Waals surface area contributed by atoms with Gasteiger partial charge in [0.05, 0.1) is 25.5 Å². The van der Waals surface area contributed by atoms with Gasteiger partial charge >= 0.3 is 6.09 Å². The third-order valence-corrected chi connectivity index (χ3v) is 3.89. The van der Waals surface area contributed by atoms with Crippen LogP contribution in [0.5, 0.6) is 0 Å². The van der Waals surface area contributed by atoms with E-state index in [0.717, 1.165) is 0 Å². The summed E-state index contributed by atoms with van der Waals surface area (Å²) in [4.78, 5) is 17.2. The summed E-state index contributed by atoms with van der Waals surface area (Å²) in [6.07, 6.45) is -1.38. The van der Waals surface area contributed by atoms with E-state index in [4.69, 9.17) is 14.7 Å². The summed E-state index contributed by atoms with van der Waals surface area (Å²) >= 11 is 0. The number of hydrogen-bond acceptors (Lipinski definition) is 5. The molecule has 1 aromatic carbocycles. The molecule has 0 aliphatic carbocycles. The van der Waals surface area contributed by atoms with E-state index in [1.165, 1.54) is 12.1 Å². The minimum atomic E-state index is -1.17. The van der Waals surface area contributed by atoms with Crippen LogP contribution >= 0.6 is 0 Å². The smallest absolute Gasteiger partial charge is 0.404 e. The van der Waals surface area contributed by atoms with Crippen LogP contribution < -0.4 is 10.2 Å². The standard InChI is InChI=1S/C15H17F2N3O4/c16-11-5-9(13-7-10(24-19-13)8-18-15(21)22)6-12(17)14(11)20-1-3-23-4-2-20/h5-6,10,18H,1-4,7-8H2,(H,21,22)/t10-/m1/s1. The zero-order valence-corrected chi connectivity index (χ0v) is 12.8. The van der Waals surface area contributed by atoms with Gasteiger partial charge in [-0.3, -0.25) is 0 Å². The minimum Gasteiger partial charge on any atom is -0.465 e. The van der Waals surface area contributed by atoms with E-state index in [-0.39, 0.29) is 18.7 Å². The lowest BCUT2D eigenvalue weighted by atomic mass is 10.0. The summed E-state index contributed by atoms with van der Waals surface area (Å²) in [5.41, 5.74) is 0.615. The molecule has 130 valence electrons. The summed E-state index contributed by atoms with van der Waals surface area (Å²) < 4.78 is 34.0. The maximum atomic E-state index is 14.4. The Labute approximate surface area is 136 Å². The number of benzene rings is 1. The first-order valence-electron chi connectivity index (χ1n) is 7.56. The number of morpholine rings is 1. The van der Waals surface area contributed by atoms with Crippen LogP contribution in [0.25, 0.3) is 0 Å². The predicted octanol–water partition coefficient (Wildman–Crippen LogP) is 1.56. The van der Waals surface area contributed by atoms with Crippen LogP contribution in [0.15, 0.2) is 17.3 Å². The number of halogens is 2. The molecule has 1 amide bonds. The van der Waals surface area contributed by atoms with E-state index < -0.39 is 23.8 Å². The van der Waals surface area contributed by atoms with E-state index in [0.29, 0.717) is 37.6 Å². The number of hydrogen-bond donors (Lipinski definition) is 2. The average Bonchev–Trinajstić information content (AvgIpc) is 3.02. The monoisotopic (exact) mass is 341 g/mol. The van der Waals surface area contributed by atoms with Gasteiger partial charge in [-0.25, -0.2) is 13.6 Å². The van der Waals surface area contributed by atoms with E-state index in [1.807, 2.05) is 0 Å². The summed E-state index contributed by atoms with van der Waals surface area (Å²) in [6.45, 7) is 1.78. The van der Waals surface area contributed by atoms with E-state index in [1.54, 1.807) is 4.90 Å². The molecule has 2 aliphatic rings. The van der Waals surface area contributed by atoms with Crippen molar-refractivity contribution in [2.45, 2.75) is 12.5 Å². The first-order chi connectivity index (χ1) is 11.5. The SMILES string of the molecule is O=C(O)NC[C@H]1CC(c2cc(F)c(N3CCOCC3)c(F)c2)=NO1. The fourth-order valence-electron chi connectivity index (χ4n) is 2.73. The molecule has 9 heteroatoms. The average molecular weight is 341 g/mol. The Morgan fingerprint density at radius 2 is 2.00 bits per heavy atom. The highest BCUT2D eigenvalue weighted by molar-refractivity contribution is 6.01. The molecule has 0 spiro atoms. The maximum Gasteiger partial charge on any atom is 0.404 e. The van der Waals surface area contributed by atoms with Crippen molar-refractivity contribution in [2.24, 2.45) is 5.16 Å².